The monoisotopic (exact) mass is 338 g/mol. The average Bonchev–Trinajstić information content (AvgIpc) is 3.27. The molecule has 1 aliphatic rings. The van der Waals surface area contributed by atoms with E-state index in [9.17, 15) is 0 Å². The largest absolute Gasteiger partial charge is 0.381 e. The van der Waals surface area contributed by atoms with Crippen LogP contribution in [-0.4, -0.2) is 43.8 Å². The SMILES string of the molecule is CCNC(=NCCCOCC1CC1)NCCc1ncc(CC)s1. The van der Waals surface area contributed by atoms with Gasteiger partial charge in [0.15, 0.2) is 5.96 Å². The van der Waals surface area contributed by atoms with Crippen molar-refractivity contribution in [3.63, 3.8) is 0 Å². The molecule has 0 aliphatic heterocycles. The van der Waals surface area contributed by atoms with E-state index in [2.05, 4.69) is 34.5 Å². The van der Waals surface area contributed by atoms with Crippen LogP contribution in [0.2, 0.25) is 0 Å². The van der Waals surface area contributed by atoms with Gasteiger partial charge in [0.1, 0.15) is 0 Å². The molecule has 0 atom stereocenters. The molecule has 1 heterocycles. The van der Waals surface area contributed by atoms with Gasteiger partial charge >= 0.3 is 0 Å². The Morgan fingerprint density at radius 3 is 2.96 bits per heavy atom. The van der Waals surface area contributed by atoms with Crippen LogP contribution in [0.3, 0.4) is 0 Å². The van der Waals surface area contributed by atoms with Crippen LogP contribution in [0.5, 0.6) is 0 Å². The summed E-state index contributed by atoms with van der Waals surface area (Å²) in [5.41, 5.74) is 0. The number of guanidine groups is 1. The quantitative estimate of drug-likeness (QED) is 0.370. The normalized spacial score (nSPS) is 15.0. The van der Waals surface area contributed by atoms with Crippen LogP contribution in [0.15, 0.2) is 11.2 Å². The van der Waals surface area contributed by atoms with Crippen molar-refractivity contribution in [1.29, 1.82) is 0 Å². The zero-order valence-electron chi connectivity index (χ0n) is 14.4. The molecule has 1 saturated carbocycles. The molecule has 1 aromatic rings. The fourth-order valence-electron chi connectivity index (χ4n) is 2.15. The number of aliphatic imine (C=N–C) groups is 1. The Bertz CT molecular complexity index is 471. The van der Waals surface area contributed by atoms with Gasteiger partial charge in [0.25, 0.3) is 0 Å². The lowest BCUT2D eigenvalue weighted by molar-refractivity contribution is 0.123. The Kier molecular flexibility index (Phi) is 8.39. The first-order chi connectivity index (χ1) is 11.3. The van der Waals surface area contributed by atoms with Crippen LogP contribution in [0.4, 0.5) is 0 Å². The fourth-order valence-corrected chi connectivity index (χ4v) is 3.01. The minimum Gasteiger partial charge on any atom is -0.381 e. The van der Waals surface area contributed by atoms with Gasteiger partial charge in [0.2, 0.25) is 0 Å². The minimum absolute atomic E-state index is 0.803. The van der Waals surface area contributed by atoms with Gasteiger partial charge in [0, 0.05) is 50.3 Å². The summed E-state index contributed by atoms with van der Waals surface area (Å²) in [7, 11) is 0. The van der Waals surface area contributed by atoms with E-state index in [0.29, 0.717) is 0 Å². The van der Waals surface area contributed by atoms with Crippen molar-refractivity contribution in [3.8, 4) is 0 Å². The zero-order valence-corrected chi connectivity index (χ0v) is 15.3. The smallest absolute Gasteiger partial charge is 0.191 e. The molecule has 6 heteroatoms. The van der Waals surface area contributed by atoms with Gasteiger partial charge in [0.05, 0.1) is 5.01 Å². The molecule has 5 nitrogen and oxygen atoms in total. The van der Waals surface area contributed by atoms with Crippen LogP contribution in [0.1, 0.15) is 43.0 Å². The molecule has 130 valence electrons. The summed E-state index contributed by atoms with van der Waals surface area (Å²) in [5.74, 6) is 1.73. The number of hydrogen-bond acceptors (Lipinski definition) is 4. The molecule has 1 aliphatic carbocycles. The molecule has 2 rings (SSSR count). The summed E-state index contributed by atoms with van der Waals surface area (Å²) in [6.07, 6.45) is 7.69. The summed E-state index contributed by atoms with van der Waals surface area (Å²) in [4.78, 5) is 10.4. The number of thiazole rings is 1. The number of hydrogen-bond donors (Lipinski definition) is 2. The first kappa shape index (κ1) is 18.2. The number of aromatic nitrogens is 1. The minimum atomic E-state index is 0.803. The van der Waals surface area contributed by atoms with Gasteiger partial charge in [-0.3, -0.25) is 4.99 Å². The predicted molar refractivity (Wildman–Crippen MR) is 97.3 cm³/mol. The van der Waals surface area contributed by atoms with Gasteiger partial charge in [-0.25, -0.2) is 4.98 Å². The number of nitrogens with one attached hydrogen (secondary N) is 2. The first-order valence-corrected chi connectivity index (χ1v) is 9.67. The molecule has 0 amide bonds. The number of nitrogens with zero attached hydrogens (tertiary/aromatic N) is 2. The highest BCUT2D eigenvalue weighted by molar-refractivity contribution is 7.11. The molecular formula is C17H30N4OS. The fraction of sp³-hybridized carbons (Fsp3) is 0.765. The summed E-state index contributed by atoms with van der Waals surface area (Å²) < 4.78 is 5.63. The Morgan fingerprint density at radius 2 is 2.26 bits per heavy atom. The van der Waals surface area contributed by atoms with Crippen molar-refractivity contribution in [2.75, 3.05) is 32.8 Å². The number of ether oxygens (including phenoxy) is 1. The average molecular weight is 339 g/mol. The maximum absolute atomic E-state index is 5.63. The third-order valence-corrected chi connectivity index (χ3v) is 4.89. The second-order valence-corrected chi connectivity index (χ2v) is 7.08. The van der Waals surface area contributed by atoms with Crippen LogP contribution < -0.4 is 10.6 Å². The predicted octanol–water partition coefficient (Wildman–Crippen LogP) is 2.62. The maximum atomic E-state index is 5.63. The van der Waals surface area contributed by atoms with E-state index in [-0.39, 0.29) is 0 Å². The highest BCUT2D eigenvalue weighted by atomic mass is 32.1. The van der Waals surface area contributed by atoms with E-state index in [1.54, 1.807) is 11.3 Å². The van der Waals surface area contributed by atoms with E-state index < -0.39 is 0 Å². The Morgan fingerprint density at radius 1 is 1.39 bits per heavy atom. The Balaban J connectivity index is 1.59. The van der Waals surface area contributed by atoms with Gasteiger partial charge < -0.3 is 15.4 Å². The first-order valence-electron chi connectivity index (χ1n) is 8.85. The molecule has 2 N–H and O–H groups in total. The maximum Gasteiger partial charge on any atom is 0.191 e. The van der Waals surface area contributed by atoms with Crippen LogP contribution in [0, 0.1) is 5.92 Å². The molecule has 0 saturated heterocycles. The Labute approximate surface area is 144 Å². The van der Waals surface area contributed by atoms with Crippen LogP contribution >= 0.6 is 11.3 Å². The van der Waals surface area contributed by atoms with E-state index >= 15 is 0 Å². The standard InChI is InChI=1S/C17H30N4OS/c1-3-15-12-21-16(23-15)8-10-20-17(18-4-2)19-9-5-11-22-13-14-6-7-14/h12,14H,3-11,13H2,1-2H3,(H2,18,19,20). The van der Waals surface area contributed by atoms with Crippen molar-refractivity contribution in [3.05, 3.63) is 16.1 Å². The van der Waals surface area contributed by atoms with Crippen LogP contribution in [-0.2, 0) is 17.6 Å². The number of rotatable bonds is 11. The lowest BCUT2D eigenvalue weighted by Gasteiger charge is -2.10. The van der Waals surface area contributed by atoms with Gasteiger partial charge in [-0.1, -0.05) is 6.92 Å². The van der Waals surface area contributed by atoms with Gasteiger partial charge in [-0.05, 0) is 38.5 Å². The lowest BCUT2D eigenvalue weighted by atomic mass is 10.4. The van der Waals surface area contributed by atoms with Crippen molar-refractivity contribution in [2.24, 2.45) is 10.9 Å². The van der Waals surface area contributed by atoms with Crippen molar-refractivity contribution in [2.45, 2.75) is 46.0 Å². The molecule has 0 unspecified atom stereocenters. The summed E-state index contributed by atoms with van der Waals surface area (Å²) in [5, 5.41) is 7.86. The third kappa shape index (κ3) is 7.79. The van der Waals surface area contributed by atoms with E-state index in [4.69, 9.17) is 4.74 Å². The summed E-state index contributed by atoms with van der Waals surface area (Å²) in [6, 6.07) is 0. The second kappa shape index (κ2) is 10.6. The molecule has 23 heavy (non-hydrogen) atoms. The zero-order chi connectivity index (χ0) is 16.3. The van der Waals surface area contributed by atoms with Crippen molar-refractivity contribution < 1.29 is 4.74 Å². The lowest BCUT2D eigenvalue weighted by Crippen LogP contribution is -2.38. The second-order valence-electron chi connectivity index (χ2n) is 5.88. The molecule has 0 radical (unpaired) electrons. The molecular weight excluding hydrogens is 308 g/mol. The van der Waals surface area contributed by atoms with Gasteiger partial charge in [-0.2, -0.15) is 0 Å². The van der Waals surface area contributed by atoms with E-state index in [0.717, 1.165) is 64.0 Å². The topological polar surface area (TPSA) is 58.5 Å². The molecule has 1 aromatic heterocycles. The third-order valence-electron chi connectivity index (χ3n) is 3.69. The van der Waals surface area contributed by atoms with E-state index in [1.165, 1.54) is 22.7 Å². The molecule has 1 fully saturated rings. The van der Waals surface area contributed by atoms with Crippen molar-refractivity contribution in [1.82, 2.24) is 15.6 Å². The molecule has 0 aromatic carbocycles. The van der Waals surface area contributed by atoms with E-state index in [1.807, 2.05) is 6.20 Å². The highest BCUT2D eigenvalue weighted by Crippen LogP contribution is 2.28. The summed E-state index contributed by atoms with van der Waals surface area (Å²) in [6.45, 7) is 8.55. The van der Waals surface area contributed by atoms with Crippen LogP contribution in [0.25, 0.3) is 0 Å². The highest BCUT2D eigenvalue weighted by Gasteiger charge is 2.20. The molecule has 0 bridgehead atoms. The Hall–Kier alpha value is -1.14. The summed E-state index contributed by atoms with van der Waals surface area (Å²) >= 11 is 1.80. The van der Waals surface area contributed by atoms with Crippen molar-refractivity contribution >= 4 is 17.3 Å². The molecule has 0 spiro atoms. The van der Waals surface area contributed by atoms with Gasteiger partial charge in [-0.15, -0.1) is 11.3 Å². The number of aryl methyl sites for hydroxylation is 1.